The molecule has 1 aromatic carbocycles. The third-order valence-electron chi connectivity index (χ3n) is 3.74. The van der Waals surface area contributed by atoms with E-state index < -0.39 is 5.41 Å². The van der Waals surface area contributed by atoms with E-state index in [0.717, 1.165) is 12.8 Å². The summed E-state index contributed by atoms with van der Waals surface area (Å²) >= 11 is 6.20. The highest BCUT2D eigenvalue weighted by Gasteiger charge is 2.22. The van der Waals surface area contributed by atoms with E-state index >= 15 is 0 Å². The summed E-state index contributed by atoms with van der Waals surface area (Å²) in [5.74, 6) is 0.198. The van der Waals surface area contributed by atoms with Gasteiger partial charge in [-0.25, -0.2) is 0 Å². The monoisotopic (exact) mass is 334 g/mol. The van der Waals surface area contributed by atoms with Crippen molar-refractivity contribution in [1.82, 2.24) is 0 Å². The number of allylic oxidation sites excluding steroid dienone is 2. The van der Waals surface area contributed by atoms with Crippen molar-refractivity contribution in [3.05, 3.63) is 35.4 Å². The van der Waals surface area contributed by atoms with Crippen LogP contribution in [0.2, 0.25) is 5.02 Å². The summed E-state index contributed by atoms with van der Waals surface area (Å²) in [6.45, 7) is 5.51. The van der Waals surface area contributed by atoms with Crippen LogP contribution in [0.3, 0.4) is 0 Å². The third kappa shape index (κ3) is 5.10. The lowest BCUT2D eigenvalue weighted by molar-refractivity contribution is -0.123. The first-order valence-corrected chi connectivity index (χ1v) is 8.21. The SMILES string of the molecule is CC(C)(C)C(=O)Nc1ccc(NC(=O)CC2C=CCC2)cc1Cl. The van der Waals surface area contributed by atoms with Crippen LogP contribution in [0.5, 0.6) is 0 Å². The Morgan fingerprint density at radius 3 is 2.57 bits per heavy atom. The Balaban J connectivity index is 1.97. The van der Waals surface area contributed by atoms with Crippen LogP contribution >= 0.6 is 11.6 Å². The zero-order valence-electron chi connectivity index (χ0n) is 13.8. The molecule has 1 aromatic rings. The molecule has 1 aliphatic rings. The lowest BCUT2D eigenvalue weighted by Crippen LogP contribution is -2.27. The molecule has 0 radical (unpaired) electrons. The Bertz CT molecular complexity index is 632. The number of hydrogen-bond acceptors (Lipinski definition) is 2. The van der Waals surface area contributed by atoms with Gasteiger partial charge in [-0.15, -0.1) is 0 Å². The van der Waals surface area contributed by atoms with E-state index in [1.807, 2.05) is 20.8 Å². The zero-order chi connectivity index (χ0) is 17.0. The Kier molecular flexibility index (Phi) is 5.47. The molecule has 2 N–H and O–H groups in total. The van der Waals surface area contributed by atoms with Crippen LogP contribution in [0.1, 0.15) is 40.0 Å². The molecule has 0 spiro atoms. The molecular formula is C18H23ClN2O2. The summed E-state index contributed by atoms with van der Waals surface area (Å²) in [6.07, 6.45) is 6.77. The van der Waals surface area contributed by atoms with Crippen molar-refractivity contribution in [3.8, 4) is 0 Å². The molecule has 2 amide bonds. The summed E-state index contributed by atoms with van der Waals surface area (Å²) in [5, 5.41) is 6.05. The predicted octanol–water partition coefficient (Wildman–Crippen LogP) is 4.62. The first kappa shape index (κ1) is 17.5. The van der Waals surface area contributed by atoms with Crippen molar-refractivity contribution in [2.45, 2.75) is 40.0 Å². The first-order valence-electron chi connectivity index (χ1n) is 7.83. The fourth-order valence-corrected chi connectivity index (χ4v) is 2.55. The molecule has 4 nitrogen and oxygen atoms in total. The maximum atomic E-state index is 12.0. The predicted molar refractivity (Wildman–Crippen MR) is 94.6 cm³/mol. The summed E-state index contributed by atoms with van der Waals surface area (Å²) < 4.78 is 0. The van der Waals surface area contributed by atoms with Crippen LogP contribution in [-0.2, 0) is 9.59 Å². The van der Waals surface area contributed by atoms with Crippen LogP contribution in [0.15, 0.2) is 30.4 Å². The standard InChI is InChI=1S/C18H23ClN2O2/c1-18(2,3)17(23)21-15-9-8-13(11-14(15)19)20-16(22)10-12-6-4-5-7-12/h4,6,8-9,11-12H,5,7,10H2,1-3H3,(H,20,22)(H,21,23). The molecule has 1 aliphatic carbocycles. The Morgan fingerprint density at radius 1 is 1.26 bits per heavy atom. The fourth-order valence-electron chi connectivity index (χ4n) is 2.32. The summed E-state index contributed by atoms with van der Waals surface area (Å²) in [6, 6.07) is 5.10. The molecule has 0 aromatic heterocycles. The van der Waals surface area contributed by atoms with Crippen LogP contribution in [-0.4, -0.2) is 11.8 Å². The first-order chi connectivity index (χ1) is 10.8. The smallest absolute Gasteiger partial charge is 0.229 e. The highest BCUT2D eigenvalue weighted by atomic mass is 35.5. The van der Waals surface area contributed by atoms with Gasteiger partial charge in [-0.1, -0.05) is 44.5 Å². The van der Waals surface area contributed by atoms with Crippen molar-refractivity contribution in [3.63, 3.8) is 0 Å². The second kappa shape index (κ2) is 7.18. The quantitative estimate of drug-likeness (QED) is 0.789. The van der Waals surface area contributed by atoms with Crippen LogP contribution in [0, 0.1) is 11.3 Å². The van der Waals surface area contributed by atoms with Gasteiger partial charge in [-0.3, -0.25) is 9.59 Å². The number of nitrogens with one attached hydrogen (secondary N) is 2. The number of rotatable bonds is 4. The second-order valence-corrected chi connectivity index (χ2v) is 7.32. The molecule has 0 bridgehead atoms. The largest absolute Gasteiger partial charge is 0.326 e. The number of amides is 2. The second-order valence-electron chi connectivity index (χ2n) is 6.92. The summed E-state index contributed by atoms with van der Waals surface area (Å²) in [4.78, 5) is 24.0. The van der Waals surface area contributed by atoms with Gasteiger partial charge >= 0.3 is 0 Å². The Labute approximate surface area is 142 Å². The number of anilines is 2. The van der Waals surface area contributed by atoms with E-state index in [0.29, 0.717) is 28.7 Å². The van der Waals surface area contributed by atoms with Crippen molar-refractivity contribution >= 4 is 34.8 Å². The van der Waals surface area contributed by atoms with E-state index in [9.17, 15) is 9.59 Å². The van der Waals surface area contributed by atoms with Crippen molar-refractivity contribution in [1.29, 1.82) is 0 Å². The van der Waals surface area contributed by atoms with Gasteiger partial charge in [0.1, 0.15) is 0 Å². The van der Waals surface area contributed by atoms with Gasteiger partial charge in [0.15, 0.2) is 0 Å². The number of carbonyl (C=O) groups is 2. The fraction of sp³-hybridized carbons (Fsp3) is 0.444. The lowest BCUT2D eigenvalue weighted by atomic mass is 9.95. The topological polar surface area (TPSA) is 58.2 Å². The zero-order valence-corrected chi connectivity index (χ0v) is 14.5. The maximum absolute atomic E-state index is 12.0. The van der Waals surface area contributed by atoms with E-state index in [2.05, 4.69) is 22.8 Å². The highest BCUT2D eigenvalue weighted by Crippen LogP contribution is 2.28. The van der Waals surface area contributed by atoms with E-state index in [1.54, 1.807) is 18.2 Å². The van der Waals surface area contributed by atoms with Crippen LogP contribution in [0.25, 0.3) is 0 Å². The third-order valence-corrected chi connectivity index (χ3v) is 4.05. The molecule has 2 rings (SSSR count). The minimum Gasteiger partial charge on any atom is -0.326 e. The Hall–Kier alpha value is -1.81. The van der Waals surface area contributed by atoms with E-state index in [1.165, 1.54) is 0 Å². The molecule has 0 heterocycles. The van der Waals surface area contributed by atoms with Crippen molar-refractivity contribution in [2.24, 2.45) is 11.3 Å². The van der Waals surface area contributed by atoms with Gasteiger partial charge in [0, 0.05) is 17.5 Å². The van der Waals surface area contributed by atoms with Crippen molar-refractivity contribution in [2.75, 3.05) is 10.6 Å². The molecule has 124 valence electrons. The molecule has 1 unspecified atom stereocenters. The highest BCUT2D eigenvalue weighted by molar-refractivity contribution is 6.34. The summed E-state index contributed by atoms with van der Waals surface area (Å²) in [5.41, 5.74) is 0.685. The minimum absolute atomic E-state index is 0.0240. The van der Waals surface area contributed by atoms with Gasteiger partial charge < -0.3 is 10.6 Å². The van der Waals surface area contributed by atoms with Crippen molar-refractivity contribution < 1.29 is 9.59 Å². The number of carbonyl (C=O) groups excluding carboxylic acids is 2. The minimum atomic E-state index is -0.495. The molecule has 0 aliphatic heterocycles. The molecular weight excluding hydrogens is 312 g/mol. The molecule has 0 saturated carbocycles. The maximum Gasteiger partial charge on any atom is 0.229 e. The molecule has 23 heavy (non-hydrogen) atoms. The van der Waals surface area contributed by atoms with Gasteiger partial charge in [0.05, 0.1) is 10.7 Å². The normalized spacial score (nSPS) is 17.1. The average Bonchev–Trinajstić information content (AvgIpc) is 2.93. The van der Waals surface area contributed by atoms with Crippen LogP contribution < -0.4 is 10.6 Å². The van der Waals surface area contributed by atoms with Gasteiger partial charge in [-0.05, 0) is 37.0 Å². The average molecular weight is 335 g/mol. The molecule has 0 fully saturated rings. The molecule has 1 atom stereocenters. The number of halogens is 1. The van der Waals surface area contributed by atoms with Gasteiger partial charge in [0.25, 0.3) is 0 Å². The molecule has 0 saturated heterocycles. The number of hydrogen-bond donors (Lipinski definition) is 2. The lowest BCUT2D eigenvalue weighted by Gasteiger charge is -2.18. The summed E-state index contributed by atoms with van der Waals surface area (Å²) in [7, 11) is 0. The molecule has 5 heteroatoms. The Morgan fingerprint density at radius 2 is 2.00 bits per heavy atom. The van der Waals surface area contributed by atoms with Gasteiger partial charge in [-0.2, -0.15) is 0 Å². The van der Waals surface area contributed by atoms with E-state index in [4.69, 9.17) is 11.6 Å². The van der Waals surface area contributed by atoms with Gasteiger partial charge in [0.2, 0.25) is 11.8 Å². The number of benzene rings is 1. The van der Waals surface area contributed by atoms with Crippen LogP contribution in [0.4, 0.5) is 11.4 Å². The van der Waals surface area contributed by atoms with E-state index in [-0.39, 0.29) is 11.8 Å².